The quantitative estimate of drug-likeness (QED) is 0.192. The van der Waals surface area contributed by atoms with E-state index >= 15 is 0 Å². The number of para-hydroxylation sites is 1. The Morgan fingerprint density at radius 1 is 0.326 bits per heavy atom. The first-order chi connectivity index (χ1) is 32.2. The Kier molecular flexibility index (Phi) is 2.13. The Bertz CT molecular complexity index is 3860. The summed E-state index contributed by atoms with van der Waals surface area (Å²) in [5.74, 6) is 0. The third kappa shape index (κ3) is 3.79. The number of hydrogen-bond donors (Lipinski definition) is 0. The molecule has 1 heterocycles. The minimum Gasteiger partial charge on any atom is -0.456 e. The largest absolute Gasteiger partial charge is 0.456 e. The van der Waals surface area contributed by atoms with Crippen molar-refractivity contribution in [2.24, 2.45) is 0 Å². The molecule has 0 unspecified atom stereocenters. The zero-order valence-corrected chi connectivity index (χ0v) is 21.4. The van der Waals surface area contributed by atoms with Crippen LogP contribution in [0.5, 0.6) is 0 Å². The maximum atomic E-state index is 9.65. The molecule has 0 saturated heterocycles. The average molecular weight is 573 g/mol. The lowest BCUT2D eigenvalue weighted by Crippen LogP contribution is -1.90. The third-order valence-corrected chi connectivity index (χ3v) is 6.89. The molecule has 0 saturated carbocycles. The maximum Gasteiger partial charge on any atom is 0.136 e. The fourth-order valence-electron chi connectivity index (χ4n) is 5.05. The molecule has 0 amide bonds. The van der Waals surface area contributed by atoms with Gasteiger partial charge in [-0.3, -0.25) is 0 Å². The summed E-state index contributed by atoms with van der Waals surface area (Å²) in [6.07, 6.45) is 0. The van der Waals surface area contributed by atoms with Crippen molar-refractivity contribution in [1.29, 1.82) is 0 Å². The van der Waals surface area contributed by atoms with Gasteiger partial charge in [0, 0.05) is 10.8 Å². The summed E-state index contributed by atoms with van der Waals surface area (Å²) in [6.45, 7) is 0. The Morgan fingerprint density at radius 3 is 1.47 bits per heavy atom. The predicted octanol–water partition coefficient (Wildman–Crippen LogP) is 12.0. The van der Waals surface area contributed by atoms with Crippen molar-refractivity contribution in [3.63, 3.8) is 0 Å². The highest BCUT2D eigenvalue weighted by molar-refractivity contribution is 6.21. The van der Waals surface area contributed by atoms with E-state index in [-0.39, 0.29) is 10.8 Å². The van der Waals surface area contributed by atoms with Crippen LogP contribution in [0.15, 0.2) is 162 Å². The van der Waals surface area contributed by atoms with Crippen LogP contribution >= 0.6 is 0 Å². The summed E-state index contributed by atoms with van der Waals surface area (Å²) >= 11 is 0. The molecule has 200 valence electrons. The summed E-state index contributed by atoms with van der Waals surface area (Å²) in [4.78, 5) is 0. The van der Waals surface area contributed by atoms with E-state index in [4.69, 9.17) is 26.3 Å². The van der Waals surface area contributed by atoms with Crippen molar-refractivity contribution in [2.45, 2.75) is 0 Å². The SMILES string of the molecule is [2H]c1c([2H])c([2H])c(-c2c3c([2H])c([2H])c([2H])c([2H])c3c(-c3c([2H])c([2H])c4c([2H])c(-c5c([2H])c([2H])c6c(oc7c([2H])c([2H])c([2H])c([2H])c76)c5[2H])c([2H])c([2H])c4c3[2H])c3c([2H])c([2H])c([2H])c([2H])c23)c([2H])c1[2H]. The standard InChI is InChI=1S/C42H26O/c1-2-10-27(11-3-1)41-35-13-4-6-15-37(35)42(38-16-7-5-14-36(38)41)32-21-20-28-24-29(18-19-30(28)25-32)31-22-23-34-33-12-8-9-17-39(33)43-40(34)26-31/h1-26H/i1D,2D,3D,4D,5D,6D,7D,8D,9D,10D,11D,12D,13D,14D,15D,16D,17D,18D,19D,20D,21D,22D,23D,24D,25D,26D. The lowest BCUT2D eigenvalue weighted by atomic mass is 9.85. The van der Waals surface area contributed by atoms with Gasteiger partial charge in [-0.25, -0.2) is 0 Å². The summed E-state index contributed by atoms with van der Waals surface area (Å²) < 4.78 is 237. The van der Waals surface area contributed by atoms with Crippen LogP contribution in [0.2, 0.25) is 0 Å². The first-order valence-electron chi connectivity index (χ1n) is 25.7. The molecule has 1 aromatic heterocycles. The van der Waals surface area contributed by atoms with E-state index in [9.17, 15) is 13.7 Å². The second-order valence-corrected chi connectivity index (χ2v) is 9.26. The summed E-state index contributed by atoms with van der Waals surface area (Å²) in [5.41, 5.74) is -5.28. The topological polar surface area (TPSA) is 13.1 Å². The lowest BCUT2D eigenvalue weighted by Gasteiger charge is -2.18. The Labute approximate surface area is 285 Å². The van der Waals surface area contributed by atoms with Crippen molar-refractivity contribution in [3.8, 4) is 33.4 Å². The van der Waals surface area contributed by atoms with Gasteiger partial charge in [0.25, 0.3) is 0 Å². The molecule has 0 atom stereocenters. The minimum atomic E-state index is -1.03. The molecule has 0 aliphatic carbocycles. The molecule has 0 bridgehead atoms. The van der Waals surface area contributed by atoms with Crippen LogP contribution in [0.25, 0.3) is 87.6 Å². The van der Waals surface area contributed by atoms with Crippen LogP contribution in [0.3, 0.4) is 0 Å². The van der Waals surface area contributed by atoms with Crippen LogP contribution in [-0.2, 0) is 0 Å². The average Bonchev–Trinajstić information content (AvgIpc) is 3.73. The second-order valence-electron chi connectivity index (χ2n) is 9.26. The molecule has 1 heteroatoms. The van der Waals surface area contributed by atoms with Crippen molar-refractivity contribution < 1.29 is 40.1 Å². The van der Waals surface area contributed by atoms with Gasteiger partial charge in [-0.2, -0.15) is 0 Å². The molecule has 0 aliphatic heterocycles. The monoisotopic (exact) mass is 572 g/mol. The highest BCUT2D eigenvalue weighted by atomic mass is 16.3. The van der Waals surface area contributed by atoms with E-state index in [1.807, 2.05) is 0 Å². The zero-order chi connectivity index (χ0) is 51.0. The molecule has 0 spiro atoms. The van der Waals surface area contributed by atoms with Gasteiger partial charge in [0.2, 0.25) is 0 Å². The van der Waals surface area contributed by atoms with Crippen molar-refractivity contribution >= 4 is 54.3 Å². The zero-order valence-electron chi connectivity index (χ0n) is 47.4. The van der Waals surface area contributed by atoms with Crippen LogP contribution in [0.1, 0.15) is 35.6 Å². The summed E-state index contributed by atoms with van der Waals surface area (Å²) in [7, 11) is 0. The van der Waals surface area contributed by atoms with Crippen molar-refractivity contribution in [3.05, 3.63) is 157 Å². The molecule has 9 rings (SSSR count). The molecule has 0 radical (unpaired) electrons. The Morgan fingerprint density at radius 2 is 0.791 bits per heavy atom. The molecule has 1 nitrogen and oxygen atoms in total. The maximum absolute atomic E-state index is 9.65. The fourth-order valence-corrected chi connectivity index (χ4v) is 5.05. The summed E-state index contributed by atoms with van der Waals surface area (Å²) in [5, 5.41) is -4.83. The van der Waals surface area contributed by atoms with Gasteiger partial charge in [-0.15, -0.1) is 0 Å². The van der Waals surface area contributed by atoms with Gasteiger partial charge < -0.3 is 4.42 Å². The molecular weight excluding hydrogens is 520 g/mol. The number of hydrogen-bond acceptors (Lipinski definition) is 1. The van der Waals surface area contributed by atoms with Gasteiger partial charge in [-0.05, 0) is 95.9 Å². The van der Waals surface area contributed by atoms with E-state index in [0.717, 1.165) is 0 Å². The Hall–Kier alpha value is -5.66. The van der Waals surface area contributed by atoms with E-state index < -0.39 is 234 Å². The van der Waals surface area contributed by atoms with Crippen LogP contribution in [-0.4, -0.2) is 0 Å². The van der Waals surface area contributed by atoms with E-state index in [2.05, 4.69) is 0 Å². The van der Waals surface area contributed by atoms with E-state index in [1.165, 1.54) is 0 Å². The minimum absolute atomic E-state index is 0.318. The highest BCUT2D eigenvalue weighted by Crippen LogP contribution is 2.44. The van der Waals surface area contributed by atoms with Gasteiger partial charge in [0.15, 0.2) is 0 Å². The van der Waals surface area contributed by atoms with Gasteiger partial charge in [0.05, 0.1) is 35.6 Å². The fraction of sp³-hybridized carbons (Fsp3) is 0. The molecule has 0 N–H and O–H groups in total. The van der Waals surface area contributed by atoms with Gasteiger partial charge >= 0.3 is 0 Å². The molecule has 9 aromatic rings. The highest BCUT2D eigenvalue weighted by Gasteiger charge is 2.16. The van der Waals surface area contributed by atoms with Crippen LogP contribution in [0, 0.1) is 0 Å². The van der Waals surface area contributed by atoms with E-state index in [0.29, 0.717) is 0 Å². The normalized spacial score (nSPS) is 20.2. The number of furan rings is 1. The lowest BCUT2D eigenvalue weighted by molar-refractivity contribution is 0.669. The first kappa shape index (κ1) is 9.69. The van der Waals surface area contributed by atoms with Crippen LogP contribution in [0.4, 0.5) is 0 Å². The number of rotatable bonds is 3. The molecule has 43 heavy (non-hydrogen) atoms. The molecule has 0 fully saturated rings. The van der Waals surface area contributed by atoms with Crippen molar-refractivity contribution in [1.82, 2.24) is 0 Å². The van der Waals surface area contributed by atoms with Crippen LogP contribution < -0.4 is 0 Å². The Balaban J connectivity index is 1.50. The van der Waals surface area contributed by atoms with E-state index in [1.54, 1.807) is 0 Å². The number of fused-ring (bicyclic) bond motifs is 6. The molecular formula is C42H26O. The third-order valence-electron chi connectivity index (χ3n) is 6.89. The van der Waals surface area contributed by atoms with Crippen molar-refractivity contribution in [2.75, 3.05) is 0 Å². The van der Waals surface area contributed by atoms with Gasteiger partial charge in [-0.1, -0.05) is 127 Å². The molecule has 8 aromatic carbocycles. The smallest absolute Gasteiger partial charge is 0.136 e. The second kappa shape index (κ2) is 9.44. The first-order valence-corrected chi connectivity index (χ1v) is 12.7. The summed E-state index contributed by atoms with van der Waals surface area (Å²) in [6, 6.07) is -23.1. The molecule has 0 aliphatic rings. The van der Waals surface area contributed by atoms with Gasteiger partial charge in [0.1, 0.15) is 11.2 Å². The predicted molar refractivity (Wildman–Crippen MR) is 183 cm³/mol. The number of benzene rings is 8.